The Labute approximate surface area is 235 Å². The molecule has 198 valence electrons. The molecule has 0 radical (unpaired) electrons. The number of para-hydroxylation sites is 4. The van der Waals surface area contributed by atoms with E-state index in [-0.39, 0.29) is 0 Å². The van der Waals surface area contributed by atoms with Gasteiger partial charge in [-0.1, -0.05) is 102 Å². The monoisotopic (exact) mass is 532 g/mol. The number of furan rings is 1. The van der Waals surface area contributed by atoms with Crippen molar-refractivity contribution in [3.05, 3.63) is 95.6 Å². The van der Waals surface area contributed by atoms with E-state index in [4.69, 9.17) is 9.40 Å². The fraction of sp³-hybridized carbons (Fsp3) is 0.286. The third kappa shape index (κ3) is 4.51. The molecule has 0 saturated carbocycles. The van der Waals surface area contributed by atoms with Crippen molar-refractivity contribution in [2.75, 3.05) is 0 Å². The Morgan fingerprint density at radius 3 is 2.15 bits per heavy atom. The molecule has 0 saturated heterocycles. The first-order chi connectivity index (χ1) is 19.2. The van der Waals surface area contributed by atoms with Gasteiger partial charge >= 0.3 is 0 Å². The van der Waals surface area contributed by atoms with Crippen LogP contribution in [0.25, 0.3) is 50.0 Å². The third-order valence-corrected chi connectivity index (χ3v) is 8.88. The molecule has 0 fully saturated rings. The molecule has 0 aliphatic rings. The van der Waals surface area contributed by atoms with E-state index in [2.05, 4.69) is 66.7 Å². The van der Waals surface area contributed by atoms with Gasteiger partial charge in [-0.15, -0.1) is 0 Å². The molecule has 3 nitrogen and oxygen atoms in total. The van der Waals surface area contributed by atoms with E-state index in [1.165, 1.54) is 5.56 Å². The molecule has 2 heterocycles. The smallest absolute Gasteiger partial charge is 0.149 e. The Hall–Kier alpha value is -3.63. The largest absolute Gasteiger partial charge is 0.455 e. The van der Waals surface area contributed by atoms with Crippen LogP contribution in [0.2, 0.25) is 19.6 Å². The van der Waals surface area contributed by atoms with Crippen LogP contribution in [-0.2, 0) is 6.04 Å². The minimum absolute atomic E-state index is 0.754. The van der Waals surface area contributed by atoms with Crippen LogP contribution in [-0.4, -0.2) is 17.6 Å². The van der Waals surface area contributed by atoms with Gasteiger partial charge in [0.15, 0.2) is 0 Å². The average molecular weight is 533 g/mol. The van der Waals surface area contributed by atoms with Crippen molar-refractivity contribution in [2.24, 2.45) is 0 Å². The highest BCUT2D eigenvalue weighted by atomic mass is 28.3. The molecule has 0 bridgehead atoms. The molecule has 0 atom stereocenters. The number of imidazole rings is 1. The van der Waals surface area contributed by atoms with Crippen LogP contribution in [0.5, 0.6) is 0 Å². The zero-order chi connectivity index (χ0) is 29.3. The summed E-state index contributed by atoms with van der Waals surface area (Å²) in [6.07, 6.45) is 0. The summed E-state index contributed by atoms with van der Waals surface area (Å²) in [4.78, 5) is 5.20. The second-order valence-corrected chi connectivity index (χ2v) is 17.8. The van der Waals surface area contributed by atoms with Gasteiger partial charge in [0.2, 0.25) is 0 Å². The van der Waals surface area contributed by atoms with E-state index < -0.39 is 19.9 Å². The quantitative estimate of drug-likeness (QED) is 0.200. The van der Waals surface area contributed by atoms with E-state index in [1.807, 2.05) is 64.1 Å². The normalized spacial score (nSPS) is 13.8. The first kappa shape index (κ1) is 23.3. The van der Waals surface area contributed by atoms with Crippen LogP contribution >= 0.6 is 0 Å². The van der Waals surface area contributed by atoms with Crippen LogP contribution in [0.15, 0.2) is 83.3 Å². The lowest BCUT2D eigenvalue weighted by atomic mass is 9.90. The van der Waals surface area contributed by atoms with Gasteiger partial charge in [-0.3, -0.25) is 4.57 Å². The summed E-state index contributed by atoms with van der Waals surface area (Å²) in [5.74, 6) is -1.05. The van der Waals surface area contributed by atoms with Crippen molar-refractivity contribution in [3.63, 3.8) is 0 Å². The van der Waals surface area contributed by atoms with Crippen LogP contribution in [0.4, 0.5) is 0 Å². The number of nitrogens with zero attached hydrogens (tertiary/aromatic N) is 2. The molecular formula is C35H38N2OSi. The minimum atomic E-state index is -1.45. The van der Waals surface area contributed by atoms with Gasteiger partial charge in [0.25, 0.3) is 0 Å². The molecule has 0 aliphatic heterocycles. The highest BCUT2D eigenvalue weighted by Gasteiger charge is 2.26. The SMILES string of the molecule is [2H]C(C)(C)c1cc(C[Si](C)(C)C)cc(C([2H])(C)C)c1-n1c(-c2cccc3c2oc2ccccc23)nc2ccccc21. The summed E-state index contributed by atoms with van der Waals surface area (Å²) < 4.78 is 27.3. The number of rotatable bonds is 6. The van der Waals surface area contributed by atoms with Crippen LogP contribution in [0.1, 0.15) is 58.9 Å². The number of fused-ring (bicyclic) bond motifs is 4. The van der Waals surface area contributed by atoms with E-state index in [9.17, 15) is 2.74 Å². The Morgan fingerprint density at radius 1 is 0.821 bits per heavy atom. The van der Waals surface area contributed by atoms with Crippen LogP contribution in [0.3, 0.4) is 0 Å². The molecule has 0 amide bonds. The zero-order valence-electron chi connectivity index (χ0n) is 26.0. The second-order valence-electron chi connectivity index (χ2n) is 12.3. The number of benzene rings is 4. The summed E-state index contributed by atoms with van der Waals surface area (Å²) in [7, 11) is -1.45. The number of hydrogen-bond donors (Lipinski definition) is 0. The first-order valence-corrected chi connectivity index (χ1v) is 17.5. The van der Waals surface area contributed by atoms with Crippen molar-refractivity contribution in [1.29, 1.82) is 0 Å². The van der Waals surface area contributed by atoms with Gasteiger partial charge < -0.3 is 4.42 Å². The molecule has 6 rings (SSSR count). The van der Waals surface area contributed by atoms with Crippen molar-refractivity contribution < 1.29 is 7.16 Å². The molecule has 0 N–H and O–H groups in total. The Kier molecular flexibility index (Phi) is 5.69. The molecule has 4 heteroatoms. The van der Waals surface area contributed by atoms with Gasteiger partial charge in [0, 0.05) is 21.6 Å². The number of hydrogen-bond acceptors (Lipinski definition) is 2. The summed E-state index contributed by atoms with van der Waals surface area (Å²) in [6.45, 7) is 14.9. The minimum Gasteiger partial charge on any atom is -0.455 e. The van der Waals surface area contributed by atoms with Gasteiger partial charge in [-0.25, -0.2) is 4.98 Å². The fourth-order valence-electron chi connectivity index (χ4n) is 5.77. The predicted octanol–water partition coefficient (Wildman–Crippen LogP) is 10.3. The van der Waals surface area contributed by atoms with Crippen molar-refractivity contribution in [2.45, 2.75) is 65.2 Å². The standard InChI is InChI=1S/C35H38N2OSi/c1-22(2)28-19-24(21-39(5,6)7)20-29(23(3)4)33(28)37-31-17-10-9-16-30(31)36-35(37)27-15-12-14-26-25-13-8-11-18-32(25)38-34(26)27/h8-20,22-23H,21H2,1-7H3/i22D,23D. The van der Waals surface area contributed by atoms with Crippen molar-refractivity contribution in [1.82, 2.24) is 9.55 Å². The van der Waals surface area contributed by atoms with Crippen molar-refractivity contribution in [3.8, 4) is 17.1 Å². The average Bonchev–Trinajstić information content (AvgIpc) is 3.45. The highest BCUT2D eigenvalue weighted by molar-refractivity contribution is 6.75. The topological polar surface area (TPSA) is 31.0 Å². The highest BCUT2D eigenvalue weighted by Crippen LogP contribution is 2.41. The lowest BCUT2D eigenvalue weighted by Crippen LogP contribution is -2.24. The molecule has 4 aromatic carbocycles. The Balaban J connectivity index is 1.76. The van der Waals surface area contributed by atoms with E-state index in [0.717, 1.165) is 67.2 Å². The fourth-order valence-corrected chi connectivity index (χ4v) is 7.20. The Bertz CT molecular complexity index is 1900. The summed E-state index contributed by atoms with van der Waals surface area (Å²) in [6, 6.07) is 27.9. The third-order valence-electron chi connectivity index (χ3n) is 7.41. The lowest BCUT2D eigenvalue weighted by molar-refractivity contribution is 0.669. The van der Waals surface area contributed by atoms with Crippen LogP contribution in [0, 0.1) is 0 Å². The van der Waals surface area contributed by atoms with Gasteiger partial charge in [-0.05, 0) is 58.8 Å². The second kappa shape index (κ2) is 9.53. The molecule has 6 aromatic rings. The van der Waals surface area contributed by atoms with Gasteiger partial charge in [-0.2, -0.15) is 0 Å². The first-order valence-electron chi connectivity index (χ1n) is 14.8. The van der Waals surface area contributed by atoms with E-state index in [0.29, 0.717) is 0 Å². The molecule has 0 unspecified atom stereocenters. The van der Waals surface area contributed by atoms with Crippen molar-refractivity contribution >= 4 is 41.0 Å². The van der Waals surface area contributed by atoms with Crippen LogP contribution < -0.4 is 0 Å². The summed E-state index contributed by atoms with van der Waals surface area (Å²) in [5.41, 5.74) is 8.24. The Morgan fingerprint density at radius 2 is 1.46 bits per heavy atom. The molecule has 0 aliphatic carbocycles. The molecular weight excluding hydrogens is 492 g/mol. The van der Waals surface area contributed by atoms with Gasteiger partial charge in [0.1, 0.15) is 17.0 Å². The lowest BCUT2D eigenvalue weighted by Gasteiger charge is -2.26. The summed E-state index contributed by atoms with van der Waals surface area (Å²) in [5, 5.41) is 2.12. The number of aromatic nitrogens is 2. The van der Waals surface area contributed by atoms with Gasteiger partial charge in [0.05, 0.1) is 22.3 Å². The maximum atomic E-state index is 9.33. The predicted molar refractivity (Wildman–Crippen MR) is 169 cm³/mol. The summed E-state index contributed by atoms with van der Waals surface area (Å²) >= 11 is 0. The molecule has 0 spiro atoms. The van der Waals surface area contributed by atoms with E-state index >= 15 is 0 Å². The molecule has 2 aromatic heterocycles. The maximum absolute atomic E-state index is 9.33. The maximum Gasteiger partial charge on any atom is 0.149 e. The molecule has 39 heavy (non-hydrogen) atoms. The van der Waals surface area contributed by atoms with E-state index in [1.54, 1.807) is 0 Å². The zero-order valence-corrected chi connectivity index (χ0v) is 25.0.